The third kappa shape index (κ3) is 7.81. The molecule has 1 amide bonds. The Kier molecular flexibility index (Phi) is 9.03. The van der Waals surface area contributed by atoms with E-state index >= 15 is 0 Å². The molecule has 0 aliphatic heterocycles. The first-order chi connectivity index (χ1) is 13.6. The summed E-state index contributed by atoms with van der Waals surface area (Å²) >= 11 is 0. The van der Waals surface area contributed by atoms with Crippen LogP contribution < -0.4 is 11.1 Å². The van der Waals surface area contributed by atoms with Crippen LogP contribution in [0.2, 0.25) is 0 Å². The lowest BCUT2D eigenvalue weighted by Gasteiger charge is -2.22. The zero-order chi connectivity index (χ0) is 20.2. The van der Waals surface area contributed by atoms with Crippen molar-refractivity contribution in [3.8, 4) is 0 Å². The number of hydrogen-bond donors (Lipinski definition) is 2. The number of hydrogen-bond acceptors (Lipinski definition) is 7. The second-order valence-electron chi connectivity index (χ2n) is 6.40. The van der Waals surface area contributed by atoms with Crippen LogP contribution in [0.3, 0.4) is 0 Å². The van der Waals surface area contributed by atoms with Crippen LogP contribution in [0.5, 0.6) is 0 Å². The summed E-state index contributed by atoms with van der Waals surface area (Å²) in [4.78, 5) is 34.0. The largest absolute Gasteiger partial charge is 0.468 e. The van der Waals surface area contributed by atoms with Gasteiger partial charge in [-0.3, -0.25) is 24.5 Å². The number of nitrogens with one attached hydrogen (secondary N) is 1. The van der Waals surface area contributed by atoms with Crippen molar-refractivity contribution in [3.05, 3.63) is 60.2 Å². The van der Waals surface area contributed by atoms with E-state index in [9.17, 15) is 9.59 Å². The fourth-order valence-corrected chi connectivity index (χ4v) is 2.68. The summed E-state index contributed by atoms with van der Waals surface area (Å²) in [6, 6.07) is 11.0. The van der Waals surface area contributed by atoms with Crippen LogP contribution in [-0.2, 0) is 27.4 Å². The van der Waals surface area contributed by atoms with Gasteiger partial charge >= 0.3 is 5.97 Å². The summed E-state index contributed by atoms with van der Waals surface area (Å²) < 4.78 is 4.49. The zero-order valence-electron chi connectivity index (χ0n) is 16.1. The maximum Gasteiger partial charge on any atom is 0.325 e. The van der Waals surface area contributed by atoms with Crippen molar-refractivity contribution in [1.82, 2.24) is 20.2 Å². The molecule has 0 fully saturated rings. The van der Waals surface area contributed by atoms with E-state index in [1.165, 1.54) is 7.11 Å². The van der Waals surface area contributed by atoms with Crippen molar-refractivity contribution in [2.24, 2.45) is 5.73 Å². The van der Waals surface area contributed by atoms with Crippen LogP contribution in [0.15, 0.2) is 48.8 Å². The molecule has 0 radical (unpaired) electrons. The molecule has 8 nitrogen and oxygen atoms in total. The third-order valence-electron chi connectivity index (χ3n) is 4.18. The van der Waals surface area contributed by atoms with Gasteiger partial charge < -0.3 is 15.8 Å². The molecule has 2 aromatic rings. The number of pyridine rings is 2. The Labute approximate surface area is 165 Å². The molecule has 3 N–H and O–H groups in total. The smallest absolute Gasteiger partial charge is 0.325 e. The third-order valence-corrected chi connectivity index (χ3v) is 4.18. The van der Waals surface area contributed by atoms with Gasteiger partial charge in [-0.05, 0) is 43.7 Å². The van der Waals surface area contributed by atoms with Crippen LogP contribution in [0.4, 0.5) is 0 Å². The van der Waals surface area contributed by atoms with Gasteiger partial charge in [-0.2, -0.15) is 0 Å². The summed E-state index contributed by atoms with van der Waals surface area (Å²) in [5.74, 6) is -0.858. The number of amides is 1. The number of carbonyl (C=O) groups is 2. The Hall–Kier alpha value is -2.84. The molecule has 8 heteroatoms. The molecule has 0 bridgehead atoms. The standard InChI is InChI=1S/C20H27N5O3/c1-28-19(26)13-24-20(27)18(21)9-6-12-25(14-16-7-2-4-10-22-16)15-17-8-3-5-11-23-17/h2-5,7-8,10-11,18H,6,9,12-15,21H2,1H3,(H,24,27)/t18-/m0/s1. The maximum atomic E-state index is 11.9. The van der Waals surface area contributed by atoms with E-state index in [-0.39, 0.29) is 12.5 Å². The zero-order valence-corrected chi connectivity index (χ0v) is 16.1. The lowest BCUT2D eigenvalue weighted by atomic mass is 10.1. The van der Waals surface area contributed by atoms with Gasteiger partial charge in [0.1, 0.15) is 6.54 Å². The van der Waals surface area contributed by atoms with Gasteiger partial charge in [-0.15, -0.1) is 0 Å². The molecule has 0 unspecified atom stereocenters. The van der Waals surface area contributed by atoms with Crippen molar-refractivity contribution < 1.29 is 14.3 Å². The van der Waals surface area contributed by atoms with E-state index in [0.29, 0.717) is 19.5 Å². The SMILES string of the molecule is COC(=O)CNC(=O)[C@@H](N)CCCN(Cc1ccccn1)Cc1ccccn1. The lowest BCUT2D eigenvalue weighted by Crippen LogP contribution is -2.43. The first-order valence-electron chi connectivity index (χ1n) is 9.20. The Morgan fingerprint density at radius 1 is 1.11 bits per heavy atom. The first kappa shape index (κ1) is 21.5. The van der Waals surface area contributed by atoms with Gasteiger partial charge in [-0.25, -0.2) is 0 Å². The normalized spacial score (nSPS) is 11.8. The van der Waals surface area contributed by atoms with E-state index in [2.05, 4.69) is 24.9 Å². The number of esters is 1. The van der Waals surface area contributed by atoms with Gasteiger partial charge in [0.2, 0.25) is 5.91 Å². The topological polar surface area (TPSA) is 110 Å². The van der Waals surface area contributed by atoms with E-state index < -0.39 is 12.0 Å². The number of carbonyl (C=O) groups excluding carboxylic acids is 2. The van der Waals surface area contributed by atoms with Crippen molar-refractivity contribution in [3.63, 3.8) is 0 Å². The number of aromatic nitrogens is 2. The predicted octanol–water partition coefficient (Wildman–Crippen LogP) is 0.876. The molecular weight excluding hydrogens is 358 g/mol. The minimum absolute atomic E-state index is 0.172. The molecule has 0 saturated heterocycles. The highest BCUT2D eigenvalue weighted by atomic mass is 16.5. The average Bonchev–Trinajstić information content (AvgIpc) is 2.73. The Balaban J connectivity index is 1.85. The highest BCUT2D eigenvalue weighted by molar-refractivity contribution is 5.85. The van der Waals surface area contributed by atoms with E-state index in [4.69, 9.17) is 5.73 Å². The second-order valence-corrected chi connectivity index (χ2v) is 6.40. The van der Waals surface area contributed by atoms with Crippen molar-refractivity contribution >= 4 is 11.9 Å². The van der Waals surface area contributed by atoms with Gasteiger partial charge in [0.05, 0.1) is 24.5 Å². The van der Waals surface area contributed by atoms with E-state index in [0.717, 1.165) is 24.4 Å². The Bertz CT molecular complexity index is 686. The van der Waals surface area contributed by atoms with Crippen molar-refractivity contribution in [1.29, 1.82) is 0 Å². The van der Waals surface area contributed by atoms with Crippen LogP contribution in [0, 0.1) is 0 Å². The fourth-order valence-electron chi connectivity index (χ4n) is 2.68. The number of rotatable bonds is 11. The maximum absolute atomic E-state index is 11.9. The summed E-state index contributed by atoms with van der Waals surface area (Å²) in [5.41, 5.74) is 7.87. The van der Waals surface area contributed by atoms with Gasteiger partial charge in [0, 0.05) is 25.5 Å². The van der Waals surface area contributed by atoms with Crippen LogP contribution in [0.1, 0.15) is 24.2 Å². The molecule has 0 spiro atoms. The summed E-state index contributed by atoms with van der Waals surface area (Å²) in [6.07, 6.45) is 4.78. The number of methoxy groups -OCH3 is 1. The minimum Gasteiger partial charge on any atom is -0.468 e. The van der Waals surface area contributed by atoms with Gasteiger partial charge in [0.15, 0.2) is 0 Å². The monoisotopic (exact) mass is 385 g/mol. The number of nitrogens with zero attached hydrogens (tertiary/aromatic N) is 3. The van der Waals surface area contributed by atoms with E-state index in [1.54, 1.807) is 12.4 Å². The fraction of sp³-hybridized carbons (Fsp3) is 0.400. The number of nitrogens with two attached hydrogens (primary N) is 1. The van der Waals surface area contributed by atoms with Crippen LogP contribution in [-0.4, -0.2) is 53.0 Å². The second kappa shape index (κ2) is 11.8. The van der Waals surface area contributed by atoms with Crippen LogP contribution in [0.25, 0.3) is 0 Å². The highest BCUT2D eigenvalue weighted by Gasteiger charge is 2.16. The van der Waals surface area contributed by atoms with E-state index in [1.807, 2.05) is 36.4 Å². The molecular formula is C20H27N5O3. The molecule has 0 aliphatic rings. The number of ether oxygens (including phenoxy) is 1. The molecule has 2 heterocycles. The summed E-state index contributed by atoms with van der Waals surface area (Å²) in [5, 5.41) is 2.48. The van der Waals surface area contributed by atoms with Crippen LogP contribution >= 0.6 is 0 Å². The summed E-state index contributed by atoms with van der Waals surface area (Å²) in [7, 11) is 1.27. The molecule has 150 valence electrons. The van der Waals surface area contributed by atoms with Gasteiger partial charge in [-0.1, -0.05) is 12.1 Å². The molecule has 2 rings (SSSR count). The minimum atomic E-state index is -0.670. The van der Waals surface area contributed by atoms with Crippen molar-refractivity contribution in [2.75, 3.05) is 20.2 Å². The first-order valence-corrected chi connectivity index (χ1v) is 9.20. The predicted molar refractivity (Wildman–Crippen MR) is 105 cm³/mol. The van der Waals surface area contributed by atoms with Gasteiger partial charge in [0.25, 0.3) is 0 Å². The highest BCUT2D eigenvalue weighted by Crippen LogP contribution is 2.09. The molecule has 0 aromatic carbocycles. The Morgan fingerprint density at radius 3 is 2.21 bits per heavy atom. The molecule has 28 heavy (non-hydrogen) atoms. The summed E-state index contributed by atoms with van der Waals surface area (Å²) in [6.45, 7) is 1.93. The average molecular weight is 385 g/mol. The lowest BCUT2D eigenvalue weighted by molar-refractivity contribution is -0.141. The quantitative estimate of drug-likeness (QED) is 0.552. The van der Waals surface area contributed by atoms with Crippen molar-refractivity contribution in [2.45, 2.75) is 32.0 Å². The molecule has 0 aliphatic carbocycles. The molecule has 2 aromatic heterocycles. The Morgan fingerprint density at radius 2 is 1.71 bits per heavy atom. The molecule has 1 atom stereocenters. The molecule has 0 saturated carbocycles.